The van der Waals surface area contributed by atoms with Gasteiger partial charge in [-0.1, -0.05) is 42.5 Å². The molecule has 2 aliphatic heterocycles. The average molecular weight is 551 g/mol. The number of amides is 2. The van der Waals surface area contributed by atoms with Gasteiger partial charge in [0.2, 0.25) is 21.8 Å². The molecule has 3 aliphatic rings. The van der Waals surface area contributed by atoms with E-state index < -0.39 is 22.0 Å². The van der Waals surface area contributed by atoms with Gasteiger partial charge in [0.15, 0.2) is 0 Å². The maximum atomic E-state index is 13.4. The molecule has 0 saturated carbocycles. The third-order valence-electron chi connectivity index (χ3n) is 8.10. The zero-order valence-corrected chi connectivity index (χ0v) is 23.4. The first-order valence-corrected chi connectivity index (χ1v) is 15.4. The van der Waals surface area contributed by atoms with Gasteiger partial charge in [0.1, 0.15) is 6.04 Å². The molecule has 9 heteroatoms. The second-order valence-electron chi connectivity index (χ2n) is 11.0. The number of rotatable bonds is 8. The second kappa shape index (κ2) is 11.6. The summed E-state index contributed by atoms with van der Waals surface area (Å²) in [4.78, 5) is 28.6. The van der Waals surface area contributed by atoms with Gasteiger partial charge in [-0.3, -0.25) is 14.5 Å². The van der Waals surface area contributed by atoms with Crippen molar-refractivity contribution in [3.05, 3.63) is 71.3 Å². The van der Waals surface area contributed by atoms with Crippen LogP contribution in [0.4, 0.5) is 0 Å². The first kappa shape index (κ1) is 27.6. The summed E-state index contributed by atoms with van der Waals surface area (Å²) >= 11 is 0. The van der Waals surface area contributed by atoms with Gasteiger partial charge in [-0.05, 0) is 86.5 Å². The summed E-state index contributed by atoms with van der Waals surface area (Å²) in [7, 11) is -3.93. The highest BCUT2D eigenvalue weighted by Crippen LogP contribution is 2.32. The predicted octanol–water partition coefficient (Wildman–Crippen LogP) is 3.18. The number of hydrogen-bond donors (Lipinski definition) is 2. The van der Waals surface area contributed by atoms with Gasteiger partial charge in [0.25, 0.3) is 0 Å². The summed E-state index contributed by atoms with van der Waals surface area (Å²) < 4.78 is 27.9. The standard InChI is InChI=1S/C30H38N4O4S/c1-21-8-11-25(12-9-21)39(37,38)34-17-14-31-30(36)28(34)19-29(35)32-27-7-5-6-24-18-23(10-13-26(24)27)22(2)20-33-15-3-4-16-33/h8-13,18,27-28H,2-7,14-17,19-20H2,1H3,(H,31,36)(H,32,35)/t27-,28?/m1/s1. The van der Waals surface area contributed by atoms with Crippen molar-refractivity contribution in [3.8, 4) is 0 Å². The molecule has 1 aliphatic carbocycles. The maximum Gasteiger partial charge on any atom is 0.243 e. The number of carbonyl (C=O) groups excluding carboxylic acids is 2. The third-order valence-corrected chi connectivity index (χ3v) is 10.0. The first-order valence-electron chi connectivity index (χ1n) is 13.9. The van der Waals surface area contributed by atoms with Crippen LogP contribution in [0.2, 0.25) is 0 Å². The lowest BCUT2D eigenvalue weighted by molar-refractivity contribution is -0.132. The Morgan fingerprint density at radius 3 is 2.56 bits per heavy atom. The minimum Gasteiger partial charge on any atom is -0.353 e. The minimum absolute atomic E-state index is 0.121. The van der Waals surface area contributed by atoms with Gasteiger partial charge in [0.05, 0.1) is 17.4 Å². The summed E-state index contributed by atoms with van der Waals surface area (Å²) in [5.74, 6) is -0.779. The number of sulfonamides is 1. The number of fused-ring (bicyclic) bond motifs is 1. The van der Waals surface area contributed by atoms with Crippen molar-refractivity contribution < 1.29 is 18.0 Å². The Balaban J connectivity index is 1.28. The number of hydrogen-bond acceptors (Lipinski definition) is 5. The molecular weight excluding hydrogens is 512 g/mol. The fourth-order valence-corrected chi connectivity index (χ4v) is 7.52. The summed E-state index contributed by atoms with van der Waals surface area (Å²) in [6.07, 6.45) is 4.95. The van der Waals surface area contributed by atoms with Gasteiger partial charge in [-0.15, -0.1) is 0 Å². The molecule has 2 amide bonds. The number of nitrogens with zero attached hydrogens (tertiary/aromatic N) is 2. The van der Waals surface area contributed by atoms with Crippen LogP contribution >= 0.6 is 0 Å². The Bertz CT molecular complexity index is 1350. The van der Waals surface area contributed by atoms with Gasteiger partial charge in [-0.2, -0.15) is 4.31 Å². The van der Waals surface area contributed by atoms with Crippen LogP contribution in [0.1, 0.15) is 60.4 Å². The van der Waals surface area contributed by atoms with Crippen LogP contribution in [-0.2, 0) is 26.0 Å². The molecule has 5 rings (SSSR count). The number of aryl methyl sites for hydroxylation is 2. The van der Waals surface area contributed by atoms with E-state index in [1.165, 1.54) is 22.7 Å². The van der Waals surface area contributed by atoms with Crippen molar-refractivity contribution in [3.63, 3.8) is 0 Å². The average Bonchev–Trinajstić information content (AvgIpc) is 3.43. The molecule has 2 heterocycles. The maximum absolute atomic E-state index is 13.4. The smallest absolute Gasteiger partial charge is 0.243 e. The SMILES string of the molecule is C=C(CN1CCCC1)c1ccc2c(c1)CCC[C@H]2NC(=O)CC1C(=O)NCCN1S(=O)(=O)c1ccc(C)cc1. The number of piperazine rings is 1. The molecule has 0 radical (unpaired) electrons. The van der Waals surface area contributed by atoms with Crippen LogP contribution in [0.25, 0.3) is 5.57 Å². The predicted molar refractivity (Wildman–Crippen MR) is 151 cm³/mol. The fourth-order valence-electron chi connectivity index (χ4n) is 5.94. The van der Waals surface area contributed by atoms with Crippen LogP contribution in [0.5, 0.6) is 0 Å². The molecule has 0 aromatic heterocycles. The summed E-state index contributed by atoms with van der Waals surface area (Å²) in [5, 5.41) is 5.82. The second-order valence-corrected chi connectivity index (χ2v) is 12.8. The van der Waals surface area contributed by atoms with Crippen LogP contribution in [0, 0.1) is 6.92 Å². The lowest BCUT2D eigenvalue weighted by Crippen LogP contribution is -2.58. The topological polar surface area (TPSA) is 98.8 Å². The molecule has 39 heavy (non-hydrogen) atoms. The van der Waals surface area contributed by atoms with Crippen LogP contribution in [-0.4, -0.2) is 68.2 Å². The molecule has 0 spiro atoms. The van der Waals surface area contributed by atoms with E-state index in [2.05, 4.69) is 40.3 Å². The van der Waals surface area contributed by atoms with Crippen molar-refractivity contribution >= 4 is 27.4 Å². The van der Waals surface area contributed by atoms with Gasteiger partial charge in [0, 0.05) is 19.6 Å². The molecule has 2 aromatic carbocycles. The molecule has 0 bridgehead atoms. The molecule has 208 valence electrons. The van der Waals surface area contributed by atoms with Crippen molar-refractivity contribution in [1.82, 2.24) is 19.8 Å². The van der Waals surface area contributed by atoms with E-state index in [4.69, 9.17) is 0 Å². The van der Waals surface area contributed by atoms with Crippen molar-refractivity contribution in [2.45, 2.75) is 62.4 Å². The highest BCUT2D eigenvalue weighted by atomic mass is 32.2. The number of carbonyl (C=O) groups is 2. The summed E-state index contributed by atoms with van der Waals surface area (Å²) in [6, 6.07) is 11.7. The van der Waals surface area contributed by atoms with E-state index in [1.807, 2.05) is 6.92 Å². The number of likely N-dealkylation sites (tertiary alicyclic amines) is 1. The largest absolute Gasteiger partial charge is 0.353 e. The Morgan fingerprint density at radius 2 is 1.82 bits per heavy atom. The quantitative estimate of drug-likeness (QED) is 0.526. The lowest BCUT2D eigenvalue weighted by Gasteiger charge is -2.34. The summed E-state index contributed by atoms with van der Waals surface area (Å²) in [5.41, 5.74) is 5.50. The molecule has 2 aromatic rings. The van der Waals surface area contributed by atoms with Crippen LogP contribution < -0.4 is 10.6 Å². The molecule has 1 unspecified atom stereocenters. The molecular formula is C30H38N4O4S. The van der Waals surface area contributed by atoms with E-state index in [1.54, 1.807) is 24.3 Å². The Morgan fingerprint density at radius 1 is 1.08 bits per heavy atom. The van der Waals surface area contributed by atoms with Crippen molar-refractivity contribution in [1.29, 1.82) is 0 Å². The number of nitrogens with one attached hydrogen (secondary N) is 2. The minimum atomic E-state index is -3.93. The van der Waals surface area contributed by atoms with Crippen LogP contribution in [0.15, 0.2) is 53.9 Å². The normalized spacial score (nSPS) is 22.2. The first-order chi connectivity index (χ1) is 18.7. The monoisotopic (exact) mass is 550 g/mol. The molecule has 8 nitrogen and oxygen atoms in total. The highest BCUT2D eigenvalue weighted by molar-refractivity contribution is 7.89. The van der Waals surface area contributed by atoms with E-state index >= 15 is 0 Å². The van der Waals surface area contributed by atoms with E-state index in [0.29, 0.717) is 0 Å². The molecule has 2 saturated heterocycles. The van der Waals surface area contributed by atoms with Crippen molar-refractivity contribution in [2.75, 3.05) is 32.7 Å². The molecule has 2 N–H and O–H groups in total. The Kier molecular flexibility index (Phi) is 8.21. The Labute approximate surface area is 231 Å². The van der Waals surface area contributed by atoms with E-state index in [0.717, 1.165) is 61.2 Å². The molecule has 2 fully saturated rings. The fraction of sp³-hybridized carbons (Fsp3) is 0.467. The highest BCUT2D eigenvalue weighted by Gasteiger charge is 2.40. The van der Waals surface area contributed by atoms with Crippen LogP contribution in [0.3, 0.4) is 0 Å². The van der Waals surface area contributed by atoms with Gasteiger partial charge < -0.3 is 10.6 Å². The Hall–Kier alpha value is -3.01. The molecule has 2 atom stereocenters. The number of benzene rings is 2. The van der Waals surface area contributed by atoms with E-state index in [9.17, 15) is 18.0 Å². The van der Waals surface area contributed by atoms with Gasteiger partial charge in [-0.25, -0.2) is 8.42 Å². The van der Waals surface area contributed by atoms with E-state index in [-0.39, 0.29) is 36.4 Å². The zero-order valence-electron chi connectivity index (χ0n) is 22.6. The van der Waals surface area contributed by atoms with Crippen molar-refractivity contribution in [2.24, 2.45) is 0 Å². The lowest BCUT2D eigenvalue weighted by atomic mass is 9.85. The third kappa shape index (κ3) is 6.10. The van der Waals surface area contributed by atoms with Gasteiger partial charge >= 0.3 is 0 Å². The summed E-state index contributed by atoms with van der Waals surface area (Å²) in [6.45, 7) is 9.67. The zero-order chi connectivity index (χ0) is 27.6.